The molecule has 0 fully saturated rings. The van der Waals surface area contributed by atoms with Gasteiger partial charge in [0.25, 0.3) is 5.91 Å². The Morgan fingerprint density at radius 3 is 2.82 bits per heavy atom. The number of nitrogens with one attached hydrogen (secondary N) is 1. The first-order chi connectivity index (χ1) is 8.04. The minimum Gasteiger partial charge on any atom is -0.350 e. The van der Waals surface area contributed by atoms with Gasteiger partial charge >= 0.3 is 0 Å². The molecule has 0 heterocycles. The lowest BCUT2D eigenvalue weighted by Gasteiger charge is -2.10. The fourth-order valence-corrected chi connectivity index (χ4v) is 1.81. The Hall–Kier alpha value is -1.09. The summed E-state index contributed by atoms with van der Waals surface area (Å²) < 4.78 is 13.5. The number of carbonyl (C=O) groups is 1. The summed E-state index contributed by atoms with van der Waals surface area (Å²) in [6, 6.07) is 4.55. The van der Waals surface area contributed by atoms with Crippen LogP contribution in [0.2, 0.25) is 0 Å². The zero-order valence-corrected chi connectivity index (χ0v) is 10.9. The molecule has 0 aliphatic carbocycles. The number of carbonyl (C=O) groups excluding carboxylic acids is 1. The van der Waals surface area contributed by atoms with E-state index in [4.69, 9.17) is 11.6 Å². The highest BCUT2D eigenvalue weighted by Crippen LogP contribution is 2.10. The molecule has 1 unspecified atom stereocenters. The molecular weight excluding hydrogens is 241 g/mol. The third kappa shape index (κ3) is 4.35. The molecule has 0 saturated heterocycles. The van der Waals surface area contributed by atoms with Crippen molar-refractivity contribution in [3.63, 3.8) is 0 Å². The van der Waals surface area contributed by atoms with Gasteiger partial charge in [-0.1, -0.05) is 19.4 Å². The van der Waals surface area contributed by atoms with Gasteiger partial charge in [0.2, 0.25) is 0 Å². The molecular formula is C13H17ClFNO. The van der Waals surface area contributed by atoms with E-state index >= 15 is 0 Å². The van der Waals surface area contributed by atoms with Gasteiger partial charge in [-0.2, -0.15) is 0 Å². The van der Waals surface area contributed by atoms with Crippen molar-refractivity contribution in [1.82, 2.24) is 5.32 Å². The summed E-state index contributed by atoms with van der Waals surface area (Å²) in [7, 11) is 0. The lowest BCUT2D eigenvalue weighted by Crippen LogP contribution is -2.30. The number of hydrogen-bond donors (Lipinski definition) is 1. The first-order valence-electron chi connectivity index (χ1n) is 5.73. The number of amides is 1. The normalized spacial score (nSPS) is 12.2. The smallest absolute Gasteiger partial charge is 0.254 e. The van der Waals surface area contributed by atoms with Crippen LogP contribution in [0.1, 0.15) is 35.7 Å². The number of alkyl halides is 1. The topological polar surface area (TPSA) is 29.1 Å². The molecule has 0 aliphatic heterocycles. The van der Waals surface area contributed by atoms with Crippen LogP contribution in [0.5, 0.6) is 0 Å². The molecule has 0 spiro atoms. The molecule has 1 N–H and O–H groups in total. The van der Waals surface area contributed by atoms with Crippen LogP contribution in [-0.4, -0.2) is 17.8 Å². The summed E-state index contributed by atoms with van der Waals surface area (Å²) in [4.78, 5) is 11.7. The minimum absolute atomic E-state index is 0.0657. The molecule has 1 atom stereocenters. The monoisotopic (exact) mass is 257 g/mol. The number of rotatable bonds is 5. The maximum absolute atomic E-state index is 13.5. The SMILES string of the molecule is CCCC(Cl)CNC(=O)c1ccc(C)cc1F. The van der Waals surface area contributed by atoms with Gasteiger partial charge in [0, 0.05) is 6.54 Å². The highest BCUT2D eigenvalue weighted by Gasteiger charge is 2.12. The van der Waals surface area contributed by atoms with E-state index in [9.17, 15) is 9.18 Å². The number of halogens is 2. The molecule has 94 valence electrons. The third-order valence-corrected chi connectivity index (χ3v) is 2.83. The molecule has 2 nitrogen and oxygen atoms in total. The molecule has 0 radical (unpaired) electrons. The van der Waals surface area contributed by atoms with Crippen molar-refractivity contribution in [2.45, 2.75) is 32.1 Å². The second kappa shape index (κ2) is 6.60. The summed E-state index contributed by atoms with van der Waals surface area (Å²) in [6.45, 7) is 4.17. The zero-order chi connectivity index (χ0) is 12.8. The maximum atomic E-state index is 13.5. The van der Waals surface area contributed by atoms with Crippen molar-refractivity contribution in [2.24, 2.45) is 0 Å². The van der Waals surface area contributed by atoms with E-state index in [0.29, 0.717) is 6.54 Å². The van der Waals surface area contributed by atoms with Gasteiger partial charge in [-0.05, 0) is 31.0 Å². The predicted octanol–water partition coefficient (Wildman–Crippen LogP) is 3.27. The molecule has 0 aromatic heterocycles. The van der Waals surface area contributed by atoms with Crippen molar-refractivity contribution in [3.05, 3.63) is 35.1 Å². The predicted molar refractivity (Wildman–Crippen MR) is 68.0 cm³/mol. The van der Waals surface area contributed by atoms with E-state index in [1.54, 1.807) is 13.0 Å². The van der Waals surface area contributed by atoms with Crippen LogP contribution >= 0.6 is 11.6 Å². The van der Waals surface area contributed by atoms with Crippen molar-refractivity contribution < 1.29 is 9.18 Å². The van der Waals surface area contributed by atoms with Gasteiger partial charge in [0.15, 0.2) is 0 Å². The average molecular weight is 258 g/mol. The summed E-state index contributed by atoms with van der Waals surface area (Å²) in [6.07, 6.45) is 1.79. The van der Waals surface area contributed by atoms with Crippen LogP contribution in [0.4, 0.5) is 4.39 Å². The second-order valence-electron chi connectivity index (χ2n) is 4.08. The van der Waals surface area contributed by atoms with Crippen LogP contribution < -0.4 is 5.32 Å². The van der Waals surface area contributed by atoms with E-state index in [2.05, 4.69) is 5.32 Å². The second-order valence-corrected chi connectivity index (χ2v) is 4.70. The van der Waals surface area contributed by atoms with E-state index < -0.39 is 11.7 Å². The molecule has 4 heteroatoms. The molecule has 17 heavy (non-hydrogen) atoms. The lowest BCUT2D eigenvalue weighted by molar-refractivity contribution is 0.0949. The average Bonchev–Trinajstić information content (AvgIpc) is 2.26. The van der Waals surface area contributed by atoms with Gasteiger partial charge in [-0.3, -0.25) is 4.79 Å². The molecule has 1 aromatic carbocycles. The Bertz CT molecular complexity index is 395. The largest absolute Gasteiger partial charge is 0.350 e. The molecule has 0 saturated carbocycles. The zero-order valence-electron chi connectivity index (χ0n) is 10.1. The van der Waals surface area contributed by atoms with Gasteiger partial charge < -0.3 is 5.32 Å². The quantitative estimate of drug-likeness (QED) is 0.806. The minimum atomic E-state index is -0.496. The summed E-state index contributed by atoms with van der Waals surface area (Å²) in [5, 5.41) is 2.53. The first-order valence-corrected chi connectivity index (χ1v) is 6.16. The van der Waals surface area contributed by atoms with Crippen molar-refractivity contribution in [1.29, 1.82) is 0 Å². The maximum Gasteiger partial charge on any atom is 0.254 e. The van der Waals surface area contributed by atoms with E-state index in [0.717, 1.165) is 18.4 Å². The molecule has 1 amide bonds. The molecule has 0 aliphatic rings. The first kappa shape index (κ1) is 14.0. The van der Waals surface area contributed by atoms with Crippen molar-refractivity contribution in [3.8, 4) is 0 Å². The van der Waals surface area contributed by atoms with Crippen LogP contribution in [0, 0.1) is 12.7 Å². The van der Waals surface area contributed by atoms with Crippen LogP contribution in [0.25, 0.3) is 0 Å². The Labute approximate surface area is 106 Å². The van der Waals surface area contributed by atoms with Crippen molar-refractivity contribution in [2.75, 3.05) is 6.54 Å². The van der Waals surface area contributed by atoms with Gasteiger partial charge in [0.05, 0.1) is 10.9 Å². The molecule has 0 bridgehead atoms. The number of hydrogen-bond acceptors (Lipinski definition) is 1. The summed E-state index contributed by atoms with van der Waals surface area (Å²) in [5.74, 6) is -0.909. The fourth-order valence-electron chi connectivity index (χ4n) is 1.52. The van der Waals surface area contributed by atoms with Crippen LogP contribution in [-0.2, 0) is 0 Å². The lowest BCUT2D eigenvalue weighted by atomic mass is 10.1. The van der Waals surface area contributed by atoms with Crippen LogP contribution in [0.3, 0.4) is 0 Å². The molecule has 1 rings (SSSR count). The van der Waals surface area contributed by atoms with E-state index in [1.165, 1.54) is 12.1 Å². The fraction of sp³-hybridized carbons (Fsp3) is 0.462. The Morgan fingerprint density at radius 2 is 2.24 bits per heavy atom. The Kier molecular flexibility index (Phi) is 5.42. The van der Waals surface area contributed by atoms with Crippen LogP contribution in [0.15, 0.2) is 18.2 Å². The standard InChI is InChI=1S/C13H17ClFNO/c1-3-4-10(14)8-16-13(17)11-6-5-9(2)7-12(11)15/h5-7,10H,3-4,8H2,1-2H3,(H,16,17). The summed E-state index contributed by atoms with van der Waals surface area (Å²) in [5.41, 5.74) is 0.858. The highest BCUT2D eigenvalue weighted by atomic mass is 35.5. The van der Waals surface area contributed by atoms with Gasteiger partial charge in [0.1, 0.15) is 5.82 Å². The Morgan fingerprint density at radius 1 is 1.53 bits per heavy atom. The van der Waals surface area contributed by atoms with Gasteiger partial charge in [-0.25, -0.2) is 4.39 Å². The molecule has 1 aromatic rings. The summed E-state index contributed by atoms with van der Waals surface area (Å²) >= 11 is 5.97. The third-order valence-electron chi connectivity index (χ3n) is 2.46. The number of aryl methyl sites for hydroxylation is 1. The van der Waals surface area contributed by atoms with E-state index in [-0.39, 0.29) is 10.9 Å². The number of benzene rings is 1. The van der Waals surface area contributed by atoms with Crippen molar-refractivity contribution >= 4 is 17.5 Å². The van der Waals surface area contributed by atoms with E-state index in [1.807, 2.05) is 6.92 Å². The Balaban J connectivity index is 2.58. The van der Waals surface area contributed by atoms with Gasteiger partial charge in [-0.15, -0.1) is 11.6 Å². The highest BCUT2D eigenvalue weighted by molar-refractivity contribution is 6.20.